The Balaban J connectivity index is 2.36. The fraction of sp³-hybridized carbons (Fsp3) is 0.267. The minimum absolute atomic E-state index is 0.272. The number of nitrogens with zero attached hydrogens (tertiary/aromatic N) is 1. The van der Waals surface area contributed by atoms with E-state index >= 15 is 0 Å². The highest BCUT2D eigenvalue weighted by Gasteiger charge is 2.23. The molecule has 1 N–H and O–H groups in total. The summed E-state index contributed by atoms with van der Waals surface area (Å²) in [5.74, 6) is -0.701. The van der Waals surface area contributed by atoms with Crippen molar-refractivity contribution in [2.24, 2.45) is 0 Å². The van der Waals surface area contributed by atoms with E-state index in [0.29, 0.717) is 22.5 Å². The Kier molecular flexibility index (Phi) is 4.70. The number of carbonyl (C=O) groups excluding carboxylic acids is 2. The summed E-state index contributed by atoms with van der Waals surface area (Å²) in [4.78, 5) is 29.0. The van der Waals surface area contributed by atoms with Gasteiger partial charge in [-0.25, -0.2) is 4.79 Å². The topological polar surface area (TPSA) is 68.3 Å². The first-order valence-electron chi connectivity index (χ1n) is 6.50. The number of nitrogens with one attached hydrogen (secondary N) is 1. The summed E-state index contributed by atoms with van der Waals surface area (Å²) in [5.41, 5.74) is 1.85. The van der Waals surface area contributed by atoms with Crippen molar-refractivity contribution in [2.45, 2.75) is 20.3 Å². The number of thiophene rings is 1. The molecule has 0 radical (unpaired) electrons. The number of ether oxygens (including phenoxy) is 1. The number of aryl methyl sites for hydroxylation is 1. The van der Waals surface area contributed by atoms with E-state index in [1.54, 1.807) is 24.5 Å². The number of pyridine rings is 1. The van der Waals surface area contributed by atoms with Crippen LogP contribution < -0.4 is 5.32 Å². The van der Waals surface area contributed by atoms with Gasteiger partial charge in [0, 0.05) is 22.8 Å². The number of amides is 1. The summed E-state index contributed by atoms with van der Waals surface area (Å²) >= 11 is 1.38. The molecule has 2 heterocycles. The number of rotatable bonds is 4. The van der Waals surface area contributed by atoms with E-state index in [9.17, 15) is 9.59 Å². The highest BCUT2D eigenvalue weighted by Crippen LogP contribution is 2.34. The summed E-state index contributed by atoms with van der Waals surface area (Å²) < 4.78 is 4.83. The second-order valence-corrected chi connectivity index (χ2v) is 5.60. The largest absolute Gasteiger partial charge is 0.465 e. The number of hydrogen-bond acceptors (Lipinski definition) is 5. The lowest BCUT2D eigenvalue weighted by molar-refractivity contribution is 0.0601. The minimum atomic E-state index is -0.429. The molecule has 0 fully saturated rings. The van der Waals surface area contributed by atoms with Crippen molar-refractivity contribution in [3.05, 3.63) is 46.1 Å². The van der Waals surface area contributed by atoms with Crippen LogP contribution in [0.5, 0.6) is 0 Å². The molecule has 2 aromatic rings. The fourth-order valence-corrected chi connectivity index (χ4v) is 3.22. The van der Waals surface area contributed by atoms with Gasteiger partial charge < -0.3 is 10.1 Å². The number of carbonyl (C=O) groups is 2. The van der Waals surface area contributed by atoms with Crippen molar-refractivity contribution in [3.63, 3.8) is 0 Å². The first-order chi connectivity index (χ1) is 10.1. The van der Waals surface area contributed by atoms with Crippen molar-refractivity contribution in [1.29, 1.82) is 0 Å². The molecule has 0 unspecified atom stereocenters. The maximum absolute atomic E-state index is 12.2. The monoisotopic (exact) mass is 304 g/mol. The SMILES string of the molecule is CCc1c(C)sc(NC(=O)c2ccncc2)c1C(=O)OC. The molecule has 0 aliphatic rings. The third kappa shape index (κ3) is 3.11. The Morgan fingerprint density at radius 3 is 2.57 bits per heavy atom. The zero-order chi connectivity index (χ0) is 15.4. The maximum atomic E-state index is 12.2. The lowest BCUT2D eigenvalue weighted by atomic mass is 10.1. The third-order valence-corrected chi connectivity index (χ3v) is 4.18. The Labute approximate surface area is 127 Å². The van der Waals surface area contributed by atoms with Crippen molar-refractivity contribution >= 4 is 28.2 Å². The highest BCUT2D eigenvalue weighted by atomic mass is 32.1. The van der Waals surface area contributed by atoms with Crippen molar-refractivity contribution in [2.75, 3.05) is 12.4 Å². The lowest BCUT2D eigenvalue weighted by Crippen LogP contribution is -2.14. The average Bonchev–Trinajstić information content (AvgIpc) is 2.82. The summed E-state index contributed by atoms with van der Waals surface area (Å²) in [6, 6.07) is 3.24. The molecular weight excluding hydrogens is 288 g/mol. The molecule has 0 spiro atoms. The van der Waals surface area contributed by atoms with Crippen LogP contribution in [0.2, 0.25) is 0 Å². The molecule has 0 aliphatic heterocycles. The first-order valence-corrected chi connectivity index (χ1v) is 7.32. The Morgan fingerprint density at radius 2 is 2.00 bits per heavy atom. The van der Waals surface area contributed by atoms with Gasteiger partial charge in [0.15, 0.2) is 0 Å². The summed E-state index contributed by atoms with van der Waals surface area (Å²) in [7, 11) is 1.34. The van der Waals surface area contributed by atoms with Crippen LogP contribution >= 0.6 is 11.3 Å². The molecule has 2 rings (SSSR count). The van der Waals surface area contributed by atoms with Crippen molar-refractivity contribution < 1.29 is 14.3 Å². The van der Waals surface area contributed by atoms with Gasteiger partial charge in [0.05, 0.1) is 12.7 Å². The van der Waals surface area contributed by atoms with E-state index < -0.39 is 5.97 Å². The molecule has 21 heavy (non-hydrogen) atoms. The van der Waals surface area contributed by atoms with E-state index in [4.69, 9.17) is 4.74 Å². The van der Waals surface area contributed by atoms with Crippen LogP contribution in [0.1, 0.15) is 38.1 Å². The van der Waals surface area contributed by atoms with E-state index in [1.165, 1.54) is 18.4 Å². The molecule has 110 valence electrons. The molecule has 6 heteroatoms. The van der Waals surface area contributed by atoms with Gasteiger partial charge in [0.2, 0.25) is 0 Å². The molecular formula is C15H16N2O3S. The molecule has 5 nitrogen and oxygen atoms in total. The molecule has 0 aliphatic carbocycles. The van der Waals surface area contributed by atoms with E-state index in [1.807, 2.05) is 13.8 Å². The number of aromatic nitrogens is 1. The van der Waals surface area contributed by atoms with Gasteiger partial charge in [0.1, 0.15) is 5.00 Å². The number of hydrogen-bond donors (Lipinski definition) is 1. The molecule has 0 aromatic carbocycles. The zero-order valence-electron chi connectivity index (χ0n) is 12.1. The van der Waals surface area contributed by atoms with Gasteiger partial charge in [-0.05, 0) is 31.0 Å². The number of methoxy groups -OCH3 is 1. The predicted octanol–water partition coefficient (Wildman–Crippen LogP) is 3.05. The van der Waals surface area contributed by atoms with Crippen LogP contribution in [-0.2, 0) is 11.2 Å². The fourth-order valence-electron chi connectivity index (χ4n) is 2.09. The average molecular weight is 304 g/mol. The molecule has 2 aromatic heterocycles. The lowest BCUT2D eigenvalue weighted by Gasteiger charge is -2.06. The third-order valence-electron chi connectivity index (χ3n) is 3.12. The smallest absolute Gasteiger partial charge is 0.341 e. The molecule has 0 saturated heterocycles. The highest BCUT2D eigenvalue weighted by molar-refractivity contribution is 7.16. The molecule has 0 saturated carbocycles. The summed E-state index contributed by atoms with van der Waals surface area (Å²) in [5, 5.41) is 3.31. The van der Waals surface area contributed by atoms with Gasteiger partial charge in [-0.3, -0.25) is 9.78 Å². The standard InChI is InChI=1S/C15H16N2O3S/c1-4-11-9(2)21-14(12(11)15(19)20-3)17-13(18)10-5-7-16-8-6-10/h5-8H,4H2,1-3H3,(H,17,18). The van der Waals surface area contributed by atoms with Crippen LogP contribution in [0.25, 0.3) is 0 Å². The van der Waals surface area contributed by atoms with E-state index in [-0.39, 0.29) is 5.91 Å². The zero-order valence-corrected chi connectivity index (χ0v) is 12.9. The summed E-state index contributed by atoms with van der Waals surface area (Å²) in [6.45, 7) is 3.90. The Bertz CT molecular complexity index is 665. The first kappa shape index (κ1) is 15.2. The van der Waals surface area contributed by atoms with E-state index in [2.05, 4.69) is 10.3 Å². The van der Waals surface area contributed by atoms with Gasteiger partial charge in [-0.2, -0.15) is 0 Å². The van der Waals surface area contributed by atoms with Gasteiger partial charge in [-0.15, -0.1) is 11.3 Å². The summed E-state index contributed by atoms with van der Waals surface area (Å²) in [6.07, 6.45) is 3.80. The van der Waals surface area contributed by atoms with E-state index in [0.717, 1.165) is 10.4 Å². The quantitative estimate of drug-likeness (QED) is 0.881. The molecule has 0 atom stereocenters. The van der Waals surface area contributed by atoms with Gasteiger partial charge in [-0.1, -0.05) is 6.92 Å². The predicted molar refractivity (Wildman–Crippen MR) is 82.0 cm³/mol. The molecule has 1 amide bonds. The molecule has 0 bridgehead atoms. The van der Waals surface area contributed by atoms with Crippen LogP contribution in [-0.4, -0.2) is 24.0 Å². The minimum Gasteiger partial charge on any atom is -0.465 e. The van der Waals surface area contributed by atoms with Crippen molar-refractivity contribution in [1.82, 2.24) is 4.98 Å². The van der Waals surface area contributed by atoms with Crippen LogP contribution in [0, 0.1) is 6.92 Å². The second-order valence-electron chi connectivity index (χ2n) is 4.38. The van der Waals surface area contributed by atoms with Crippen LogP contribution in [0.15, 0.2) is 24.5 Å². The Hall–Kier alpha value is -2.21. The maximum Gasteiger partial charge on any atom is 0.341 e. The number of anilines is 1. The van der Waals surface area contributed by atoms with Crippen molar-refractivity contribution in [3.8, 4) is 0 Å². The Morgan fingerprint density at radius 1 is 1.33 bits per heavy atom. The second kappa shape index (κ2) is 6.49. The van der Waals surface area contributed by atoms with Gasteiger partial charge in [0.25, 0.3) is 5.91 Å². The number of esters is 1. The van der Waals surface area contributed by atoms with Crippen LogP contribution in [0.3, 0.4) is 0 Å². The van der Waals surface area contributed by atoms with Gasteiger partial charge >= 0.3 is 5.97 Å². The normalized spacial score (nSPS) is 10.2. The van der Waals surface area contributed by atoms with Crippen LogP contribution in [0.4, 0.5) is 5.00 Å².